The highest BCUT2D eigenvalue weighted by atomic mass is 32.2. The van der Waals surface area contributed by atoms with Gasteiger partial charge in [0.05, 0.1) is 5.25 Å². The quantitative estimate of drug-likeness (QED) is 0.820. The third kappa shape index (κ3) is 2.57. The van der Waals surface area contributed by atoms with E-state index in [4.69, 9.17) is 0 Å². The summed E-state index contributed by atoms with van der Waals surface area (Å²) in [7, 11) is -7.53. The molecule has 0 aliphatic carbocycles. The van der Waals surface area contributed by atoms with Gasteiger partial charge in [-0.1, -0.05) is 6.92 Å². The van der Waals surface area contributed by atoms with Gasteiger partial charge >= 0.3 is 0 Å². The average molecular weight is 325 g/mol. The van der Waals surface area contributed by atoms with Crippen LogP contribution in [0.5, 0.6) is 0 Å². The SMILES string of the molecule is CCS(=O)(=O)C1CN(S(=O)(=O)c2cc(F)ccc2F)C1. The van der Waals surface area contributed by atoms with E-state index in [-0.39, 0.29) is 18.8 Å². The topological polar surface area (TPSA) is 71.5 Å². The summed E-state index contributed by atoms with van der Waals surface area (Å²) in [5, 5.41) is -0.779. The lowest BCUT2D eigenvalue weighted by atomic mass is 10.3. The first-order valence-corrected chi connectivity index (χ1v) is 9.01. The van der Waals surface area contributed by atoms with E-state index in [1.165, 1.54) is 6.92 Å². The zero-order valence-corrected chi connectivity index (χ0v) is 12.2. The van der Waals surface area contributed by atoms with E-state index in [9.17, 15) is 25.6 Å². The van der Waals surface area contributed by atoms with E-state index in [0.717, 1.165) is 16.4 Å². The molecule has 0 bridgehead atoms. The minimum absolute atomic E-state index is 0.0835. The molecule has 1 aliphatic rings. The molecule has 9 heteroatoms. The summed E-state index contributed by atoms with van der Waals surface area (Å²) in [6.45, 7) is 1.02. The van der Waals surface area contributed by atoms with Crippen LogP contribution >= 0.6 is 0 Å². The Morgan fingerprint density at radius 2 is 1.80 bits per heavy atom. The molecule has 0 atom stereocenters. The van der Waals surface area contributed by atoms with Crippen molar-refractivity contribution in [2.24, 2.45) is 0 Å². The number of halogens is 2. The van der Waals surface area contributed by atoms with Crippen LogP contribution < -0.4 is 0 Å². The molecular formula is C11H13F2NO4S2. The van der Waals surface area contributed by atoms with Crippen LogP contribution in [0.3, 0.4) is 0 Å². The van der Waals surface area contributed by atoms with E-state index >= 15 is 0 Å². The molecular weight excluding hydrogens is 312 g/mol. The van der Waals surface area contributed by atoms with E-state index in [1.807, 2.05) is 0 Å². The first kappa shape index (κ1) is 15.3. The molecule has 20 heavy (non-hydrogen) atoms. The first-order valence-electron chi connectivity index (χ1n) is 5.85. The Hall–Kier alpha value is -1.06. The summed E-state index contributed by atoms with van der Waals surface area (Å²) in [5.74, 6) is -2.02. The Bertz CT molecular complexity index is 725. The lowest BCUT2D eigenvalue weighted by Crippen LogP contribution is -2.57. The van der Waals surface area contributed by atoms with Gasteiger partial charge in [0.2, 0.25) is 10.0 Å². The van der Waals surface area contributed by atoms with E-state index < -0.39 is 41.6 Å². The number of rotatable bonds is 4. The van der Waals surface area contributed by atoms with Gasteiger partial charge in [-0.15, -0.1) is 0 Å². The molecule has 1 aromatic carbocycles. The zero-order valence-electron chi connectivity index (χ0n) is 10.6. The summed E-state index contributed by atoms with van der Waals surface area (Å²) >= 11 is 0. The van der Waals surface area contributed by atoms with Crippen molar-refractivity contribution in [1.82, 2.24) is 4.31 Å². The van der Waals surface area contributed by atoms with Gasteiger partial charge in [0.25, 0.3) is 0 Å². The minimum Gasteiger partial charge on any atom is -0.228 e. The third-order valence-corrected chi connectivity index (χ3v) is 7.20. The first-order chi connectivity index (χ1) is 9.18. The fraction of sp³-hybridized carbons (Fsp3) is 0.455. The minimum atomic E-state index is -4.20. The smallest absolute Gasteiger partial charge is 0.228 e. The predicted octanol–water partition coefficient (Wildman–Crippen LogP) is 0.772. The number of benzene rings is 1. The Balaban J connectivity index is 2.25. The second-order valence-electron chi connectivity index (χ2n) is 4.47. The van der Waals surface area contributed by atoms with E-state index in [2.05, 4.69) is 0 Å². The molecule has 0 radical (unpaired) electrons. The monoisotopic (exact) mass is 325 g/mol. The number of sulfonamides is 1. The van der Waals surface area contributed by atoms with Crippen LogP contribution in [-0.2, 0) is 19.9 Å². The zero-order chi connectivity index (χ0) is 15.1. The van der Waals surface area contributed by atoms with Crippen molar-refractivity contribution < 1.29 is 25.6 Å². The number of sulfone groups is 1. The van der Waals surface area contributed by atoms with Crippen molar-refractivity contribution in [2.45, 2.75) is 17.1 Å². The Kier molecular flexibility index (Phi) is 3.87. The molecule has 1 saturated heterocycles. The van der Waals surface area contributed by atoms with Gasteiger partial charge in [0, 0.05) is 18.8 Å². The third-order valence-electron chi connectivity index (χ3n) is 3.24. The van der Waals surface area contributed by atoms with Crippen molar-refractivity contribution >= 4 is 19.9 Å². The fourth-order valence-electron chi connectivity index (χ4n) is 1.87. The molecule has 0 unspecified atom stereocenters. The molecule has 0 saturated carbocycles. The highest BCUT2D eigenvalue weighted by molar-refractivity contribution is 7.92. The molecule has 0 spiro atoms. The van der Waals surface area contributed by atoms with Crippen molar-refractivity contribution in [2.75, 3.05) is 18.8 Å². The molecule has 5 nitrogen and oxygen atoms in total. The highest BCUT2D eigenvalue weighted by Crippen LogP contribution is 2.27. The maximum atomic E-state index is 13.5. The number of hydrogen-bond acceptors (Lipinski definition) is 4. The largest absolute Gasteiger partial charge is 0.246 e. The average Bonchev–Trinajstić information content (AvgIpc) is 2.29. The standard InChI is InChI=1S/C11H13F2NO4S2/c1-2-19(15,16)9-6-14(7-9)20(17,18)11-5-8(12)3-4-10(11)13/h3-5,9H,2,6-7H2,1H3. The van der Waals surface area contributed by atoms with Crippen molar-refractivity contribution in [3.63, 3.8) is 0 Å². The van der Waals surface area contributed by atoms with E-state index in [1.54, 1.807) is 0 Å². The van der Waals surface area contributed by atoms with Crippen LogP contribution in [0.25, 0.3) is 0 Å². The highest BCUT2D eigenvalue weighted by Gasteiger charge is 2.43. The van der Waals surface area contributed by atoms with Crippen molar-refractivity contribution in [3.8, 4) is 0 Å². The summed E-state index contributed by atoms with van der Waals surface area (Å²) in [4.78, 5) is -0.773. The molecule has 0 N–H and O–H groups in total. The summed E-state index contributed by atoms with van der Waals surface area (Å²) in [6.07, 6.45) is 0. The van der Waals surface area contributed by atoms with Gasteiger partial charge in [-0.05, 0) is 18.2 Å². The van der Waals surface area contributed by atoms with Gasteiger partial charge in [-0.2, -0.15) is 4.31 Å². The van der Waals surface area contributed by atoms with Gasteiger partial charge in [0.1, 0.15) is 16.5 Å². The van der Waals surface area contributed by atoms with Crippen LogP contribution in [0.15, 0.2) is 23.1 Å². The van der Waals surface area contributed by atoms with Gasteiger partial charge in [-0.3, -0.25) is 0 Å². The Morgan fingerprint density at radius 3 is 2.35 bits per heavy atom. The second-order valence-corrected chi connectivity index (χ2v) is 8.95. The maximum Gasteiger partial charge on any atom is 0.246 e. The van der Waals surface area contributed by atoms with Crippen LogP contribution in [0.4, 0.5) is 8.78 Å². The molecule has 0 aromatic heterocycles. The fourth-order valence-corrected chi connectivity index (χ4v) is 4.95. The van der Waals surface area contributed by atoms with Crippen LogP contribution in [0, 0.1) is 11.6 Å². The Labute approximate surface area is 116 Å². The molecule has 1 aliphatic heterocycles. The normalized spacial score (nSPS) is 17.9. The Morgan fingerprint density at radius 1 is 1.20 bits per heavy atom. The van der Waals surface area contributed by atoms with Gasteiger partial charge in [-0.25, -0.2) is 25.6 Å². The van der Waals surface area contributed by atoms with E-state index in [0.29, 0.717) is 6.07 Å². The van der Waals surface area contributed by atoms with Crippen LogP contribution in [0.2, 0.25) is 0 Å². The van der Waals surface area contributed by atoms with Crippen molar-refractivity contribution in [1.29, 1.82) is 0 Å². The maximum absolute atomic E-state index is 13.5. The van der Waals surface area contributed by atoms with Gasteiger partial charge < -0.3 is 0 Å². The summed E-state index contributed by atoms with van der Waals surface area (Å²) in [5.41, 5.74) is 0. The molecule has 2 rings (SSSR count). The van der Waals surface area contributed by atoms with Crippen molar-refractivity contribution in [3.05, 3.63) is 29.8 Å². The van der Waals surface area contributed by atoms with Crippen LogP contribution in [0.1, 0.15) is 6.92 Å². The lowest BCUT2D eigenvalue weighted by molar-refractivity contribution is 0.308. The predicted molar refractivity (Wildman–Crippen MR) is 68.4 cm³/mol. The summed E-state index contributed by atoms with van der Waals surface area (Å²) in [6, 6.07) is 2.13. The molecule has 1 aromatic rings. The molecule has 1 heterocycles. The van der Waals surface area contributed by atoms with Crippen LogP contribution in [-0.4, -0.2) is 45.2 Å². The second kappa shape index (κ2) is 5.05. The lowest BCUT2D eigenvalue weighted by Gasteiger charge is -2.37. The summed E-state index contributed by atoms with van der Waals surface area (Å²) < 4.78 is 74.6. The molecule has 0 amide bonds. The number of nitrogens with zero attached hydrogens (tertiary/aromatic N) is 1. The van der Waals surface area contributed by atoms with Gasteiger partial charge in [0.15, 0.2) is 9.84 Å². The molecule has 112 valence electrons. The number of hydrogen-bond donors (Lipinski definition) is 0. The molecule has 1 fully saturated rings.